The SMILES string of the molecule is C=CCOc1cc(CCCCC)cc(O)c1C/C=C(\C)CCC=C(C)C. The highest BCUT2D eigenvalue weighted by atomic mass is 16.5. The molecule has 0 bridgehead atoms. The Labute approximate surface area is 160 Å². The van der Waals surface area contributed by atoms with Gasteiger partial charge in [-0.15, -0.1) is 0 Å². The number of phenolic OH excluding ortho intramolecular Hbond substituents is 1. The topological polar surface area (TPSA) is 29.5 Å². The Morgan fingerprint density at radius 1 is 1.15 bits per heavy atom. The van der Waals surface area contributed by atoms with Gasteiger partial charge in [0.25, 0.3) is 0 Å². The third kappa shape index (κ3) is 8.42. The van der Waals surface area contributed by atoms with E-state index in [1.165, 1.54) is 24.0 Å². The van der Waals surface area contributed by atoms with Crippen LogP contribution < -0.4 is 4.74 Å². The number of ether oxygens (including phenoxy) is 1. The van der Waals surface area contributed by atoms with E-state index in [9.17, 15) is 5.11 Å². The van der Waals surface area contributed by atoms with Crippen molar-refractivity contribution >= 4 is 0 Å². The smallest absolute Gasteiger partial charge is 0.127 e. The summed E-state index contributed by atoms with van der Waals surface area (Å²) in [5.41, 5.74) is 4.70. The van der Waals surface area contributed by atoms with Gasteiger partial charge in [0.05, 0.1) is 0 Å². The molecular formula is C24H36O2. The number of unbranched alkanes of at least 4 members (excludes halogenated alkanes) is 2. The van der Waals surface area contributed by atoms with E-state index >= 15 is 0 Å². The van der Waals surface area contributed by atoms with E-state index in [0.717, 1.165) is 42.6 Å². The van der Waals surface area contributed by atoms with Crippen molar-refractivity contribution in [2.45, 2.75) is 72.6 Å². The number of aryl methyl sites for hydroxylation is 1. The Balaban J connectivity index is 2.89. The van der Waals surface area contributed by atoms with Gasteiger partial charge in [-0.1, -0.05) is 55.7 Å². The van der Waals surface area contributed by atoms with Gasteiger partial charge < -0.3 is 9.84 Å². The van der Waals surface area contributed by atoms with E-state index in [-0.39, 0.29) is 0 Å². The second-order valence-corrected chi connectivity index (χ2v) is 7.22. The number of aromatic hydroxyl groups is 1. The molecule has 144 valence electrons. The molecule has 0 amide bonds. The van der Waals surface area contributed by atoms with Crippen molar-refractivity contribution in [1.29, 1.82) is 0 Å². The van der Waals surface area contributed by atoms with Crippen LogP contribution >= 0.6 is 0 Å². The molecule has 1 N–H and O–H groups in total. The monoisotopic (exact) mass is 356 g/mol. The first kappa shape index (κ1) is 22.1. The third-order valence-corrected chi connectivity index (χ3v) is 4.42. The molecule has 2 nitrogen and oxygen atoms in total. The van der Waals surface area contributed by atoms with Gasteiger partial charge in [-0.25, -0.2) is 0 Å². The molecule has 0 unspecified atom stereocenters. The van der Waals surface area contributed by atoms with Gasteiger partial charge in [0.15, 0.2) is 0 Å². The first-order valence-corrected chi connectivity index (χ1v) is 9.85. The lowest BCUT2D eigenvalue weighted by Crippen LogP contribution is -2.00. The van der Waals surface area contributed by atoms with Crippen molar-refractivity contribution in [3.63, 3.8) is 0 Å². The molecule has 0 atom stereocenters. The zero-order chi connectivity index (χ0) is 19.4. The summed E-state index contributed by atoms with van der Waals surface area (Å²) in [6.45, 7) is 12.8. The number of allylic oxidation sites excluding steroid dienone is 4. The molecular weight excluding hydrogens is 320 g/mol. The van der Waals surface area contributed by atoms with E-state index in [2.05, 4.69) is 52.5 Å². The van der Waals surface area contributed by atoms with Crippen LogP contribution in [0.1, 0.15) is 70.9 Å². The number of phenols is 1. The van der Waals surface area contributed by atoms with Crippen LogP contribution in [-0.2, 0) is 12.8 Å². The maximum absolute atomic E-state index is 10.5. The first-order chi connectivity index (χ1) is 12.5. The van der Waals surface area contributed by atoms with Crippen molar-refractivity contribution in [3.05, 3.63) is 59.2 Å². The molecule has 1 aromatic carbocycles. The Hall–Kier alpha value is -1.96. The molecule has 0 aromatic heterocycles. The maximum atomic E-state index is 10.5. The van der Waals surface area contributed by atoms with Crippen LogP contribution in [0.25, 0.3) is 0 Å². The van der Waals surface area contributed by atoms with Crippen LogP contribution in [0.2, 0.25) is 0 Å². The Kier molecular flexibility index (Phi) is 10.5. The van der Waals surface area contributed by atoms with Crippen molar-refractivity contribution in [3.8, 4) is 11.5 Å². The molecule has 0 spiro atoms. The first-order valence-electron chi connectivity index (χ1n) is 9.85. The van der Waals surface area contributed by atoms with E-state index in [1.807, 2.05) is 6.07 Å². The summed E-state index contributed by atoms with van der Waals surface area (Å²) in [5, 5.41) is 10.5. The van der Waals surface area contributed by atoms with E-state index in [0.29, 0.717) is 18.8 Å². The minimum atomic E-state index is 0.339. The Morgan fingerprint density at radius 3 is 2.58 bits per heavy atom. The molecule has 1 rings (SSSR count). The largest absolute Gasteiger partial charge is 0.508 e. The number of rotatable bonds is 12. The molecule has 0 fully saturated rings. The van der Waals surface area contributed by atoms with Crippen LogP contribution in [0.4, 0.5) is 0 Å². The highest BCUT2D eigenvalue weighted by Gasteiger charge is 2.11. The van der Waals surface area contributed by atoms with E-state index in [4.69, 9.17) is 4.74 Å². The Morgan fingerprint density at radius 2 is 1.92 bits per heavy atom. The fourth-order valence-corrected chi connectivity index (χ4v) is 2.86. The maximum Gasteiger partial charge on any atom is 0.127 e. The molecule has 2 heteroatoms. The summed E-state index contributed by atoms with van der Waals surface area (Å²) in [6, 6.07) is 3.98. The van der Waals surface area contributed by atoms with Crippen LogP contribution in [0.15, 0.2) is 48.1 Å². The van der Waals surface area contributed by atoms with Gasteiger partial charge in [0, 0.05) is 5.56 Å². The van der Waals surface area contributed by atoms with Crippen LogP contribution in [0.5, 0.6) is 11.5 Å². The second kappa shape index (κ2) is 12.4. The minimum absolute atomic E-state index is 0.339. The second-order valence-electron chi connectivity index (χ2n) is 7.22. The normalized spacial score (nSPS) is 11.3. The van der Waals surface area contributed by atoms with Crippen molar-refractivity contribution < 1.29 is 9.84 Å². The predicted molar refractivity (Wildman–Crippen MR) is 113 cm³/mol. The number of benzene rings is 1. The Bertz CT molecular complexity index is 619. The summed E-state index contributed by atoms with van der Waals surface area (Å²) < 4.78 is 5.84. The van der Waals surface area contributed by atoms with Crippen molar-refractivity contribution in [1.82, 2.24) is 0 Å². The molecule has 26 heavy (non-hydrogen) atoms. The summed E-state index contributed by atoms with van der Waals surface area (Å²) in [4.78, 5) is 0. The summed E-state index contributed by atoms with van der Waals surface area (Å²) in [5.74, 6) is 1.12. The molecule has 1 aromatic rings. The molecule has 0 heterocycles. The average molecular weight is 357 g/mol. The lowest BCUT2D eigenvalue weighted by molar-refractivity contribution is 0.354. The van der Waals surface area contributed by atoms with Crippen LogP contribution in [-0.4, -0.2) is 11.7 Å². The zero-order valence-electron chi connectivity index (χ0n) is 17.1. The van der Waals surface area contributed by atoms with Gasteiger partial charge in [-0.3, -0.25) is 0 Å². The van der Waals surface area contributed by atoms with Crippen molar-refractivity contribution in [2.75, 3.05) is 6.61 Å². The fourth-order valence-electron chi connectivity index (χ4n) is 2.86. The van der Waals surface area contributed by atoms with Gasteiger partial charge in [-0.2, -0.15) is 0 Å². The quantitative estimate of drug-likeness (QED) is 0.325. The lowest BCUT2D eigenvalue weighted by Gasteiger charge is -2.14. The zero-order valence-corrected chi connectivity index (χ0v) is 17.1. The van der Waals surface area contributed by atoms with Gasteiger partial charge >= 0.3 is 0 Å². The minimum Gasteiger partial charge on any atom is -0.508 e. The fraction of sp³-hybridized carbons (Fsp3) is 0.500. The highest BCUT2D eigenvalue weighted by Crippen LogP contribution is 2.32. The standard InChI is InChI=1S/C24H36O2/c1-6-8-9-13-21-17-23(25)22(24(18-21)26-16-7-2)15-14-20(5)12-10-11-19(3)4/h7,11,14,17-18,25H,2,6,8-10,12-13,15-16H2,1,3-5H3/b20-14+. The predicted octanol–water partition coefficient (Wildman–Crippen LogP) is 6.92. The number of hydrogen-bond acceptors (Lipinski definition) is 2. The van der Waals surface area contributed by atoms with Crippen LogP contribution in [0.3, 0.4) is 0 Å². The molecule has 0 saturated heterocycles. The highest BCUT2D eigenvalue weighted by molar-refractivity contribution is 5.48. The lowest BCUT2D eigenvalue weighted by atomic mass is 10.00. The average Bonchev–Trinajstić information content (AvgIpc) is 2.58. The number of hydrogen-bond donors (Lipinski definition) is 1. The molecule has 0 radical (unpaired) electrons. The third-order valence-electron chi connectivity index (χ3n) is 4.42. The van der Waals surface area contributed by atoms with Gasteiger partial charge in [0.2, 0.25) is 0 Å². The van der Waals surface area contributed by atoms with Gasteiger partial charge in [0.1, 0.15) is 18.1 Å². The molecule has 0 aliphatic heterocycles. The van der Waals surface area contributed by atoms with Crippen molar-refractivity contribution in [2.24, 2.45) is 0 Å². The molecule has 0 saturated carbocycles. The van der Waals surface area contributed by atoms with E-state index in [1.54, 1.807) is 6.08 Å². The molecule has 0 aliphatic rings. The summed E-state index contributed by atoms with van der Waals surface area (Å²) >= 11 is 0. The molecule has 0 aliphatic carbocycles. The van der Waals surface area contributed by atoms with Gasteiger partial charge in [-0.05, 0) is 70.6 Å². The van der Waals surface area contributed by atoms with E-state index < -0.39 is 0 Å². The summed E-state index contributed by atoms with van der Waals surface area (Å²) in [7, 11) is 0. The van der Waals surface area contributed by atoms with Crippen LogP contribution in [0, 0.1) is 0 Å². The summed E-state index contributed by atoms with van der Waals surface area (Å²) in [6.07, 6.45) is 13.5.